The minimum atomic E-state index is -0.638. The van der Waals surface area contributed by atoms with E-state index in [1.807, 2.05) is 31.2 Å². The van der Waals surface area contributed by atoms with Gasteiger partial charge in [-0.3, -0.25) is 9.59 Å². The van der Waals surface area contributed by atoms with E-state index < -0.39 is 6.10 Å². The lowest BCUT2D eigenvalue weighted by molar-refractivity contribution is -0.122. The Labute approximate surface area is 159 Å². The van der Waals surface area contributed by atoms with Gasteiger partial charge in [-0.05, 0) is 49.7 Å². The van der Waals surface area contributed by atoms with Gasteiger partial charge in [0.15, 0.2) is 6.10 Å². The van der Waals surface area contributed by atoms with Crippen molar-refractivity contribution in [3.63, 3.8) is 0 Å². The van der Waals surface area contributed by atoms with Crippen LogP contribution in [0.2, 0.25) is 0 Å². The monoisotopic (exact) mass is 368 g/mol. The number of amides is 2. The lowest BCUT2D eigenvalue weighted by atomic mass is 10.1. The van der Waals surface area contributed by atoms with Gasteiger partial charge in [-0.15, -0.1) is 0 Å². The number of para-hydroxylation sites is 1. The van der Waals surface area contributed by atoms with Crippen molar-refractivity contribution < 1.29 is 19.1 Å². The second-order valence-electron chi connectivity index (χ2n) is 6.50. The van der Waals surface area contributed by atoms with Crippen LogP contribution in [0.4, 0.5) is 5.69 Å². The van der Waals surface area contributed by atoms with Gasteiger partial charge in [-0.25, -0.2) is 0 Å². The molecule has 6 heteroatoms. The van der Waals surface area contributed by atoms with Gasteiger partial charge in [0.1, 0.15) is 5.75 Å². The molecule has 1 atom stereocenters. The third kappa shape index (κ3) is 4.86. The number of carbonyl (C=O) groups excluding carboxylic acids is 2. The number of nitrogens with one attached hydrogen (secondary N) is 1. The zero-order chi connectivity index (χ0) is 19.2. The van der Waals surface area contributed by atoms with Crippen LogP contribution in [0.3, 0.4) is 0 Å². The summed E-state index contributed by atoms with van der Waals surface area (Å²) in [6.45, 7) is 5.98. The van der Waals surface area contributed by atoms with Gasteiger partial charge < -0.3 is 19.7 Å². The Morgan fingerprint density at radius 3 is 2.41 bits per heavy atom. The van der Waals surface area contributed by atoms with Gasteiger partial charge in [-0.2, -0.15) is 0 Å². The number of morpholine rings is 1. The van der Waals surface area contributed by atoms with Crippen molar-refractivity contribution in [2.75, 3.05) is 31.6 Å². The second-order valence-corrected chi connectivity index (χ2v) is 6.50. The number of carbonyl (C=O) groups is 2. The van der Waals surface area contributed by atoms with Crippen molar-refractivity contribution in [3.05, 3.63) is 59.7 Å². The number of rotatable bonds is 5. The van der Waals surface area contributed by atoms with Crippen LogP contribution in [0.5, 0.6) is 5.75 Å². The highest BCUT2D eigenvalue weighted by atomic mass is 16.5. The molecule has 2 amide bonds. The summed E-state index contributed by atoms with van der Waals surface area (Å²) in [5, 5.41) is 2.82. The maximum atomic E-state index is 12.4. The molecule has 1 heterocycles. The molecule has 1 fully saturated rings. The molecular weight excluding hydrogens is 344 g/mol. The molecule has 0 aromatic heterocycles. The Bertz CT molecular complexity index is 798. The number of ether oxygens (including phenoxy) is 2. The SMILES string of the molecule is Cc1ccccc1OC(C)C(=O)Nc1ccc(C(=O)N2CCOCC2)cc1. The summed E-state index contributed by atoms with van der Waals surface area (Å²) in [6, 6.07) is 14.5. The lowest BCUT2D eigenvalue weighted by Gasteiger charge is -2.26. The first-order valence-electron chi connectivity index (χ1n) is 9.05. The van der Waals surface area contributed by atoms with Crippen molar-refractivity contribution >= 4 is 17.5 Å². The molecule has 142 valence electrons. The molecular formula is C21H24N2O4. The Balaban J connectivity index is 1.58. The zero-order valence-corrected chi connectivity index (χ0v) is 15.6. The lowest BCUT2D eigenvalue weighted by Crippen LogP contribution is -2.40. The fourth-order valence-corrected chi connectivity index (χ4v) is 2.82. The highest BCUT2D eigenvalue weighted by Gasteiger charge is 2.19. The van der Waals surface area contributed by atoms with Crippen LogP contribution < -0.4 is 10.1 Å². The van der Waals surface area contributed by atoms with E-state index in [1.54, 1.807) is 36.1 Å². The van der Waals surface area contributed by atoms with E-state index in [0.717, 1.165) is 5.56 Å². The van der Waals surface area contributed by atoms with Gasteiger partial charge in [0.2, 0.25) is 0 Å². The minimum absolute atomic E-state index is 0.0209. The number of benzene rings is 2. The largest absolute Gasteiger partial charge is 0.481 e. The van der Waals surface area contributed by atoms with Gasteiger partial charge in [-0.1, -0.05) is 18.2 Å². The zero-order valence-electron chi connectivity index (χ0n) is 15.6. The molecule has 0 aliphatic carbocycles. The summed E-state index contributed by atoms with van der Waals surface area (Å²) in [5.41, 5.74) is 2.20. The molecule has 0 saturated carbocycles. The van der Waals surface area contributed by atoms with Crippen LogP contribution in [-0.4, -0.2) is 49.1 Å². The van der Waals surface area contributed by atoms with Crippen LogP contribution in [0.25, 0.3) is 0 Å². The third-order valence-electron chi connectivity index (χ3n) is 4.46. The standard InChI is InChI=1S/C21H24N2O4/c1-15-5-3-4-6-19(15)27-16(2)20(24)22-18-9-7-17(8-10-18)21(25)23-11-13-26-14-12-23/h3-10,16H,11-14H2,1-2H3,(H,22,24). The summed E-state index contributed by atoms with van der Waals surface area (Å²) in [5.74, 6) is 0.421. The Kier molecular flexibility index (Phi) is 6.08. The first-order valence-corrected chi connectivity index (χ1v) is 9.05. The maximum absolute atomic E-state index is 12.4. The summed E-state index contributed by atoms with van der Waals surface area (Å²) in [7, 11) is 0. The summed E-state index contributed by atoms with van der Waals surface area (Å²) >= 11 is 0. The highest BCUT2D eigenvalue weighted by Crippen LogP contribution is 2.19. The molecule has 1 aliphatic rings. The average molecular weight is 368 g/mol. The van der Waals surface area contributed by atoms with Gasteiger partial charge in [0.25, 0.3) is 11.8 Å². The number of anilines is 1. The van der Waals surface area contributed by atoms with Crippen LogP contribution in [0, 0.1) is 6.92 Å². The van der Waals surface area contributed by atoms with Crippen LogP contribution >= 0.6 is 0 Å². The van der Waals surface area contributed by atoms with E-state index in [-0.39, 0.29) is 11.8 Å². The topological polar surface area (TPSA) is 67.9 Å². The Morgan fingerprint density at radius 2 is 1.74 bits per heavy atom. The second kappa shape index (κ2) is 8.68. The number of nitrogens with zero attached hydrogens (tertiary/aromatic N) is 1. The maximum Gasteiger partial charge on any atom is 0.265 e. The molecule has 2 aromatic carbocycles. The van der Waals surface area contributed by atoms with E-state index in [4.69, 9.17) is 9.47 Å². The van der Waals surface area contributed by atoms with E-state index in [1.165, 1.54) is 0 Å². The van der Waals surface area contributed by atoms with Crippen molar-refractivity contribution in [1.82, 2.24) is 4.90 Å². The van der Waals surface area contributed by atoms with E-state index in [9.17, 15) is 9.59 Å². The Morgan fingerprint density at radius 1 is 1.07 bits per heavy atom. The molecule has 0 radical (unpaired) electrons. The van der Waals surface area contributed by atoms with E-state index >= 15 is 0 Å². The van der Waals surface area contributed by atoms with Crippen molar-refractivity contribution in [2.24, 2.45) is 0 Å². The molecule has 1 saturated heterocycles. The molecule has 0 spiro atoms. The van der Waals surface area contributed by atoms with E-state index in [0.29, 0.717) is 43.3 Å². The third-order valence-corrected chi connectivity index (χ3v) is 4.46. The number of hydrogen-bond acceptors (Lipinski definition) is 4. The molecule has 6 nitrogen and oxygen atoms in total. The molecule has 1 aliphatic heterocycles. The highest BCUT2D eigenvalue weighted by molar-refractivity contribution is 5.96. The van der Waals surface area contributed by atoms with Gasteiger partial charge in [0.05, 0.1) is 13.2 Å². The Hall–Kier alpha value is -2.86. The number of aryl methyl sites for hydroxylation is 1. The van der Waals surface area contributed by atoms with Gasteiger partial charge >= 0.3 is 0 Å². The molecule has 0 bridgehead atoms. The predicted molar refractivity (Wildman–Crippen MR) is 103 cm³/mol. The van der Waals surface area contributed by atoms with Crippen molar-refractivity contribution in [1.29, 1.82) is 0 Å². The summed E-state index contributed by atoms with van der Waals surface area (Å²) in [4.78, 5) is 26.6. The molecule has 27 heavy (non-hydrogen) atoms. The number of hydrogen-bond donors (Lipinski definition) is 1. The molecule has 1 N–H and O–H groups in total. The van der Waals surface area contributed by atoms with Crippen LogP contribution in [0.1, 0.15) is 22.8 Å². The first-order chi connectivity index (χ1) is 13.0. The van der Waals surface area contributed by atoms with Crippen molar-refractivity contribution in [2.45, 2.75) is 20.0 Å². The van der Waals surface area contributed by atoms with Gasteiger partial charge in [0, 0.05) is 24.3 Å². The van der Waals surface area contributed by atoms with Crippen LogP contribution in [0.15, 0.2) is 48.5 Å². The summed E-state index contributed by atoms with van der Waals surface area (Å²) < 4.78 is 11.0. The van der Waals surface area contributed by atoms with Crippen LogP contribution in [-0.2, 0) is 9.53 Å². The molecule has 3 rings (SSSR count). The summed E-state index contributed by atoms with van der Waals surface area (Å²) in [6.07, 6.45) is -0.638. The molecule has 1 unspecified atom stereocenters. The molecule has 2 aromatic rings. The smallest absolute Gasteiger partial charge is 0.265 e. The fourth-order valence-electron chi connectivity index (χ4n) is 2.82. The quantitative estimate of drug-likeness (QED) is 0.881. The average Bonchev–Trinajstić information content (AvgIpc) is 2.70. The predicted octanol–water partition coefficient (Wildman–Crippen LogP) is 2.87. The normalized spacial score (nSPS) is 15.1. The fraction of sp³-hybridized carbons (Fsp3) is 0.333. The van der Waals surface area contributed by atoms with Crippen molar-refractivity contribution in [3.8, 4) is 5.75 Å². The van der Waals surface area contributed by atoms with E-state index in [2.05, 4.69) is 5.32 Å². The first kappa shape index (κ1) is 18.9. The minimum Gasteiger partial charge on any atom is -0.481 e.